The summed E-state index contributed by atoms with van der Waals surface area (Å²) in [5, 5.41) is 8.32. The summed E-state index contributed by atoms with van der Waals surface area (Å²) in [4.78, 5) is 0. The molecule has 1 fully saturated rings. The maximum Gasteiger partial charge on any atom is 0.0808 e. The zero-order valence-electron chi connectivity index (χ0n) is 5.80. The van der Waals surface area contributed by atoms with Crippen LogP contribution in [0.25, 0.3) is 0 Å². The molecule has 10 heavy (non-hydrogen) atoms. The normalized spacial score (nSPS) is 32.9. The molecule has 2 rings (SSSR count). The summed E-state index contributed by atoms with van der Waals surface area (Å²) in [6.07, 6.45) is 2.18. The quantitative estimate of drug-likeness (QED) is 0.361. The fourth-order valence-corrected chi connectivity index (χ4v) is 1.41. The van der Waals surface area contributed by atoms with E-state index in [-0.39, 0.29) is 0 Å². The number of hydrazine groups is 1. The first kappa shape index (κ1) is 6.15. The number of nitrogens with one attached hydrogen (secondary N) is 2. The second-order valence-corrected chi connectivity index (χ2v) is 2.73. The predicted molar refractivity (Wildman–Crippen MR) is 38.8 cm³/mol. The van der Waals surface area contributed by atoms with Gasteiger partial charge in [0.05, 0.1) is 12.7 Å². The lowest BCUT2D eigenvalue weighted by Gasteiger charge is -2.30. The molecule has 2 aliphatic heterocycles. The monoisotopic (exact) mass is 140 g/mol. The molecule has 4 heteroatoms. The van der Waals surface area contributed by atoms with Crippen molar-refractivity contribution in [3.63, 3.8) is 0 Å². The predicted octanol–water partition coefficient (Wildman–Crippen LogP) is -1.42. The van der Waals surface area contributed by atoms with Crippen molar-refractivity contribution in [3.8, 4) is 0 Å². The van der Waals surface area contributed by atoms with Gasteiger partial charge >= 0.3 is 0 Å². The van der Waals surface area contributed by atoms with Crippen LogP contribution in [-0.4, -0.2) is 30.8 Å². The van der Waals surface area contributed by atoms with Gasteiger partial charge in [0.2, 0.25) is 0 Å². The highest BCUT2D eigenvalue weighted by Crippen LogP contribution is 2.08. The molecule has 0 aromatic rings. The van der Waals surface area contributed by atoms with Gasteiger partial charge in [0.15, 0.2) is 0 Å². The largest absolute Gasteiger partial charge is 0.373 e. The number of hydrogen-bond donors (Lipinski definition) is 3. The van der Waals surface area contributed by atoms with E-state index in [2.05, 4.69) is 16.7 Å². The van der Waals surface area contributed by atoms with Crippen molar-refractivity contribution >= 4 is 0 Å². The zero-order valence-corrected chi connectivity index (χ0v) is 5.80. The van der Waals surface area contributed by atoms with Gasteiger partial charge in [0.1, 0.15) is 0 Å². The van der Waals surface area contributed by atoms with Crippen LogP contribution in [0.2, 0.25) is 0 Å². The molecule has 2 heterocycles. The Morgan fingerprint density at radius 3 is 3.50 bits per heavy atom. The van der Waals surface area contributed by atoms with Crippen LogP contribution >= 0.6 is 0 Å². The lowest BCUT2D eigenvalue weighted by Crippen LogP contribution is -2.53. The van der Waals surface area contributed by atoms with Crippen LogP contribution in [-0.2, 0) is 0 Å². The molecule has 1 saturated heterocycles. The van der Waals surface area contributed by atoms with E-state index in [1.54, 1.807) is 5.01 Å². The van der Waals surface area contributed by atoms with Crippen molar-refractivity contribution in [2.45, 2.75) is 6.04 Å². The molecule has 56 valence electrons. The summed E-state index contributed by atoms with van der Waals surface area (Å²) in [7, 11) is 0. The van der Waals surface area contributed by atoms with Gasteiger partial charge in [0.25, 0.3) is 0 Å². The molecule has 1 atom stereocenters. The fourth-order valence-electron chi connectivity index (χ4n) is 1.41. The summed E-state index contributed by atoms with van der Waals surface area (Å²) in [5.74, 6) is 5.59. The van der Waals surface area contributed by atoms with Crippen LogP contribution in [0.15, 0.2) is 11.8 Å². The Morgan fingerprint density at radius 2 is 2.60 bits per heavy atom. The van der Waals surface area contributed by atoms with E-state index in [9.17, 15) is 0 Å². The summed E-state index contributed by atoms with van der Waals surface area (Å²) in [6.45, 7) is 2.66. The standard InChI is InChI=1S/C6H12N4/c7-10-3-6-5(9-4-10)1-2-8-6/h1,6,8-9H,2-4,7H2. The Labute approximate surface area is 60.0 Å². The molecule has 4 nitrogen and oxygen atoms in total. The lowest BCUT2D eigenvalue weighted by molar-refractivity contribution is 0.219. The van der Waals surface area contributed by atoms with E-state index in [1.807, 2.05) is 0 Å². The molecule has 2 aliphatic rings. The van der Waals surface area contributed by atoms with E-state index in [4.69, 9.17) is 5.84 Å². The van der Waals surface area contributed by atoms with Crippen LogP contribution in [0, 0.1) is 0 Å². The molecule has 4 N–H and O–H groups in total. The Balaban J connectivity index is 2.06. The van der Waals surface area contributed by atoms with E-state index in [0.29, 0.717) is 6.04 Å². The minimum absolute atomic E-state index is 0.443. The second-order valence-electron chi connectivity index (χ2n) is 2.73. The molecule has 0 radical (unpaired) electrons. The highest BCUT2D eigenvalue weighted by molar-refractivity contribution is 5.17. The Morgan fingerprint density at radius 1 is 1.70 bits per heavy atom. The SMILES string of the molecule is NN1CNC2=CCNC2C1. The smallest absolute Gasteiger partial charge is 0.0808 e. The minimum atomic E-state index is 0.443. The van der Waals surface area contributed by atoms with Crippen molar-refractivity contribution in [2.24, 2.45) is 5.84 Å². The van der Waals surface area contributed by atoms with E-state index < -0.39 is 0 Å². The molecule has 0 saturated carbocycles. The third kappa shape index (κ3) is 0.901. The van der Waals surface area contributed by atoms with E-state index in [1.165, 1.54) is 5.70 Å². The highest BCUT2D eigenvalue weighted by Gasteiger charge is 2.24. The average Bonchev–Trinajstić information content (AvgIpc) is 2.33. The summed E-state index contributed by atoms with van der Waals surface area (Å²) >= 11 is 0. The van der Waals surface area contributed by atoms with Gasteiger partial charge in [-0.2, -0.15) is 0 Å². The first-order valence-electron chi connectivity index (χ1n) is 3.53. The molecule has 0 aromatic carbocycles. The number of fused-ring (bicyclic) bond motifs is 1. The van der Waals surface area contributed by atoms with Gasteiger partial charge in [-0.25, -0.2) is 5.01 Å². The molecular formula is C6H12N4. The Hall–Kier alpha value is -0.580. The summed E-state index contributed by atoms with van der Waals surface area (Å²) in [5.41, 5.74) is 1.31. The van der Waals surface area contributed by atoms with Gasteiger partial charge in [-0.15, -0.1) is 0 Å². The first-order valence-corrected chi connectivity index (χ1v) is 3.53. The molecule has 0 bridgehead atoms. The van der Waals surface area contributed by atoms with Crippen LogP contribution in [0.3, 0.4) is 0 Å². The third-order valence-corrected chi connectivity index (χ3v) is 1.96. The minimum Gasteiger partial charge on any atom is -0.373 e. The van der Waals surface area contributed by atoms with Gasteiger partial charge in [-0.3, -0.25) is 5.84 Å². The molecular weight excluding hydrogens is 128 g/mol. The Kier molecular flexibility index (Phi) is 1.37. The Bertz CT molecular complexity index is 165. The second kappa shape index (κ2) is 2.23. The van der Waals surface area contributed by atoms with Gasteiger partial charge < -0.3 is 10.6 Å². The molecule has 0 aromatic heterocycles. The molecule has 0 amide bonds. The highest BCUT2D eigenvalue weighted by atomic mass is 15.5. The van der Waals surface area contributed by atoms with E-state index in [0.717, 1.165) is 19.8 Å². The summed E-state index contributed by atoms with van der Waals surface area (Å²) in [6, 6.07) is 0.443. The van der Waals surface area contributed by atoms with Crippen molar-refractivity contribution in [1.82, 2.24) is 15.6 Å². The van der Waals surface area contributed by atoms with Gasteiger partial charge in [-0.05, 0) is 6.08 Å². The fraction of sp³-hybridized carbons (Fsp3) is 0.667. The van der Waals surface area contributed by atoms with Crippen molar-refractivity contribution in [2.75, 3.05) is 19.8 Å². The number of rotatable bonds is 0. The summed E-state index contributed by atoms with van der Waals surface area (Å²) < 4.78 is 0. The van der Waals surface area contributed by atoms with Gasteiger partial charge in [0, 0.05) is 18.8 Å². The van der Waals surface area contributed by atoms with Crippen molar-refractivity contribution in [3.05, 3.63) is 11.8 Å². The maximum absolute atomic E-state index is 5.59. The van der Waals surface area contributed by atoms with Crippen LogP contribution in [0.4, 0.5) is 0 Å². The zero-order chi connectivity index (χ0) is 6.97. The van der Waals surface area contributed by atoms with E-state index >= 15 is 0 Å². The molecule has 0 spiro atoms. The van der Waals surface area contributed by atoms with Gasteiger partial charge in [-0.1, -0.05) is 0 Å². The number of nitrogens with zero attached hydrogens (tertiary/aromatic N) is 1. The lowest BCUT2D eigenvalue weighted by atomic mass is 10.2. The maximum atomic E-state index is 5.59. The van der Waals surface area contributed by atoms with Crippen molar-refractivity contribution in [1.29, 1.82) is 0 Å². The third-order valence-electron chi connectivity index (χ3n) is 1.96. The number of nitrogens with two attached hydrogens (primary N) is 1. The number of hydrogen-bond acceptors (Lipinski definition) is 4. The average molecular weight is 140 g/mol. The first-order chi connectivity index (χ1) is 4.86. The van der Waals surface area contributed by atoms with Crippen LogP contribution in [0.5, 0.6) is 0 Å². The van der Waals surface area contributed by atoms with Crippen LogP contribution < -0.4 is 16.5 Å². The van der Waals surface area contributed by atoms with Crippen LogP contribution in [0.1, 0.15) is 0 Å². The van der Waals surface area contributed by atoms with Crippen molar-refractivity contribution < 1.29 is 0 Å². The molecule has 1 unspecified atom stereocenters. The topological polar surface area (TPSA) is 53.3 Å². The molecule has 0 aliphatic carbocycles.